The zero-order valence-electron chi connectivity index (χ0n) is 12.7. The maximum absolute atomic E-state index is 12.6. The van der Waals surface area contributed by atoms with Gasteiger partial charge >= 0.3 is 0 Å². The number of hydrogen-bond donors (Lipinski definition) is 0. The number of Topliss-reactive ketones (excluding diaryl/α,β-unsaturated/α-hetero) is 1. The minimum Gasteiger partial charge on any atom is -0.299 e. The lowest BCUT2D eigenvalue weighted by Gasteiger charge is -2.47. The van der Waals surface area contributed by atoms with E-state index in [2.05, 4.69) is 30.7 Å². The lowest BCUT2D eigenvalue weighted by molar-refractivity contribution is 0.0212. The first-order valence-corrected chi connectivity index (χ1v) is 7.44. The smallest absolute Gasteiger partial charge is 0.179 e. The van der Waals surface area contributed by atoms with Crippen LogP contribution in [0.4, 0.5) is 0 Å². The number of carbonyl (C=O) groups excluding carboxylic acids is 1. The third-order valence-corrected chi connectivity index (χ3v) is 4.62. The number of hydrogen-bond acceptors (Lipinski definition) is 3. The van der Waals surface area contributed by atoms with Gasteiger partial charge in [-0.2, -0.15) is 0 Å². The van der Waals surface area contributed by atoms with Crippen LogP contribution < -0.4 is 0 Å². The van der Waals surface area contributed by atoms with Gasteiger partial charge in [-0.3, -0.25) is 14.6 Å². The van der Waals surface area contributed by atoms with Crippen LogP contribution in [0.3, 0.4) is 0 Å². The number of rotatable bonds is 3. The average Bonchev–Trinajstić information content (AvgIpc) is 2.40. The molecule has 0 bridgehead atoms. The Hall–Kier alpha value is -0.900. The Morgan fingerprint density at radius 3 is 2.65 bits per heavy atom. The molecule has 1 aliphatic heterocycles. The van der Waals surface area contributed by atoms with Crippen LogP contribution in [0.2, 0.25) is 5.02 Å². The Morgan fingerprint density at radius 2 is 2.05 bits per heavy atom. The van der Waals surface area contributed by atoms with E-state index < -0.39 is 0 Å². The minimum atomic E-state index is -0.110. The van der Waals surface area contributed by atoms with Crippen molar-refractivity contribution in [1.29, 1.82) is 0 Å². The zero-order chi connectivity index (χ0) is 14.9. The topological polar surface area (TPSA) is 23.6 Å². The number of halogens is 1. The van der Waals surface area contributed by atoms with Crippen molar-refractivity contribution in [1.82, 2.24) is 9.80 Å². The fraction of sp³-hybridized carbons (Fsp3) is 0.562. The Balaban J connectivity index is 2.11. The molecule has 0 aromatic heterocycles. The molecule has 4 heteroatoms. The van der Waals surface area contributed by atoms with Crippen LogP contribution in [-0.2, 0) is 0 Å². The first-order valence-electron chi connectivity index (χ1n) is 7.06. The van der Waals surface area contributed by atoms with Crippen molar-refractivity contribution < 1.29 is 4.79 Å². The molecule has 1 heterocycles. The Morgan fingerprint density at radius 1 is 1.35 bits per heavy atom. The summed E-state index contributed by atoms with van der Waals surface area (Å²) >= 11 is 5.97. The molecule has 1 aromatic carbocycles. The molecule has 1 fully saturated rings. The second kappa shape index (κ2) is 5.84. The predicted octanol–water partition coefficient (Wildman–Crippen LogP) is 2.94. The predicted molar refractivity (Wildman–Crippen MR) is 83.5 cm³/mol. The summed E-state index contributed by atoms with van der Waals surface area (Å²) in [4.78, 5) is 17.2. The lowest BCUT2D eigenvalue weighted by Crippen LogP contribution is -2.60. The second-order valence-corrected chi connectivity index (χ2v) is 6.69. The standard InChI is InChI=1S/C16H23ClN2O/c1-12(15(20)13-6-5-7-14(17)10-13)19-9-8-18(4)16(2,3)11-19/h5-7,10,12H,8-9,11H2,1-4H3. The van der Waals surface area contributed by atoms with Crippen molar-refractivity contribution in [2.45, 2.75) is 32.4 Å². The zero-order valence-corrected chi connectivity index (χ0v) is 13.4. The van der Waals surface area contributed by atoms with E-state index in [0.29, 0.717) is 10.6 Å². The molecule has 0 aliphatic carbocycles. The van der Waals surface area contributed by atoms with E-state index in [9.17, 15) is 4.79 Å². The van der Waals surface area contributed by atoms with E-state index in [-0.39, 0.29) is 17.4 Å². The van der Waals surface area contributed by atoms with Crippen molar-refractivity contribution in [2.75, 3.05) is 26.7 Å². The number of carbonyl (C=O) groups is 1. The maximum Gasteiger partial charge on any atom is 0.179 e. The lowest BCUT2D eigenvalue weighted by atomic mass is 9.96. The highest BCUT2D eigenvalue weighted by atomic mass is 35.5. The first kappa shape index (κ1) is 15.5. The third kappa shape index (κ3) is 3.22. The van der Waals surface area contributed by atoms with Gasteiger partial charge in [0.15, 0.2) is 5.78 Å². The Kier molecular flexibility index (Phi) is 4.52. The Labute approximate surface area is 126 Å². The van der Waals surface area contributed by atoms with Crippen molar-refractivity contribution in [3.8, 4) is 0 Å². The SMILES string of the molecule is CC(C(=O)c1cccc(Cl)c1)N1CCN(C)C(C)(C)C1. The molecule has 1 atom stereocenters. The highest BCUT2D eigenvalue weighted by molar-refractivity contribution is 6.31. The average molecular weight is 295 g/mol. The van der Waals surface area contributed by atoms with Gasteiger partial charge in [-0.25, -0.2) is 0 Å². The Bertz CT molecular complexity index is 501. The fourth-order valence-corrected chi connectivity index (χ4v) is 2.85. The van der Waals surface area contributed by atoms with Crippen LogP contribution in [0, 0.1) is 0 Å². The molecule has 110 valence electrons. The van der Waals surface area contributed by atoms with Gasteiger partial charge in [0.25, 0.3) is 0 Å². The number of ketones is 1. The van der Waals surface area contributed by atoms with Crippen LogP contribution in [0.1, 0.15) is 31.1 Å². The van der Waals surface area contributed by atoms with Gasteiger partial charge in [-0.05, 0) is 40.0 Å². The van der Waals surface area contributed by atoms with Crippen LogP contribution in [0.5, 0.6) is 0 Å². The number of nitrogens with zero attached hydrogens (tertiary/aromatic N) is 2. The highest BCUT2D eigenvalue weighted by Crippen LogP contribution is 2.22. The van der Waals surface area contributed by atoms with Crippen molar-refractivity contribution in [3.05, 3.63) is 34.9 Å². The van der Waals surface area contributed by atoms with E-state index in [4.69, 9.17) is 11.6 Å². The summed E-state index contributed by atoms with van der Waals surface area (Å²) < 4.78 is 0. The molecule has 0 N–H and O–H groups in total. The van der Waals surface area contributed by atoms with Gasteiger partial charge in [-0.15, -0.1) is 0 Å². The summed E-state index contributed by atoms with van der Waals surface area (Å²) in [6.07, 6.45) is 0. The maximum atomic E-state index is 12.6. The summed E-state index contributed by atoms with van der Waals surface area (Å²) in [5.74, 6) is 0.146. The van der Waals surface area contributed by atoms with Crippen LogP contribution in [-0.4, -0.2) is 53.8 Å². The number of likely N-dealkylation sites (N-methyl/N-ethyl adjacent to an activating group) is 1. The van der Waals surface area contributed by atoms with Crippen molar-refractivity contribution >= 4 is 17.4 Å². The van der Waals surface area contributed by atoms with Crippen LogP contribution >= 0.6 is 11.6 Å². The van der Waals surface area contributed by atoms with Gasteiger partial charge in [0.1, 0.15) is 0 Å². The van der Waals surface area contributed by atoms with E-state index >= 15 is 0 Å². The molecule has 1 saturated heterocycles. The number of benzene rings is 1. The normalized spacial score (nSPS) is 21.6. The van der Waals surface area contributed by atoms with Crippen molar-refractivity contribution in [3.63, 3.8) is 0 Å². The molecule has 0 saturated carbocycles. The van der Waals surface area contributed by atoms with Crippen LogP contribution in [0.25, 0.3) is 0 Å². The van der Waals surface area contributed by atoms with E-state index in [1.165, 1.54) is 0 Å². The summed E-state index contributed by atoms with van der Waals surface area (Å²) in [7, 11) is 2.14. The molecule has 2 rings (SSSR count). The summed E-state index contributed by atoms with van der Waals surface area (Å²) in [6.45, 7) is 9.24. The summed E-state index contributed by atoms with van der Waals surface area (Å²) in [5, 5.41) is 0.613. The second-order valence-electron chi connectivity index (χ2n) is 6.26. The van der Waals surface area contributed by atoms with E-state index in [1.807, 2.05) is 19.1 Å². The van der Waals surface area contributed by atoms with Crippen LogP contribution in [0.15, 0.2) is 24.3 Å². The molecule has 20 heavy (non-hydrogen) atoms. The molecule has 0 amide bonds. The molecule has 3 nitrogen and oxygen atoms in total. The molecule has 0 spiro atoms. The molecule has 1 unspecified atom stereocenters. The monoisotopic (exact) mass is 294 g/mol. The summed E-state index contributed by atoms with van der Waals surface area (Å²) in [6, 6.07) is 7.10. The van der Waals surface area contributed by atoms with Gasteiger partial charge < -0.3 is 0 Å². The molecule has 0 radical (unpaired) electrons. The number of piperazine rings is 1. The van der Waals surface area contributed by atoms with E-state index in [1.54, 1.807) is 12.1 Å². The van der Waals surface area contributed by atoms with Gasteiger partial charge in [-0.1, -0.05) is 23.7 Å². The van der Waals surface area contributed by atoms with E-state index in [0.717, 1.165) is 19.6 Å². The first-order chi connectivity index (χ1) is 9.31. The highest BCUT2D eigenvalue weighted by Gasteiger charge is 2.35. The molecule has 1 aromatic rings. The quantitative estimate of drug-likeness (QED) is 0.801. The summed E-state index contributed by atoms with van der Waals surface area (Å²) in [5.41, 5.74) is 0.794. The fourth-order valence-electron chi connectivity index (χ4n) is 2.66. The third-order valence-electron chi connectivity index (χ3n) is 4.38. The largest absolute Gasteiger partial charge is 0.299 e. The van der Waals surface area contributed by atoms with Gasteiger partial charge in [0.05, 0.1) is 6.04 Å². The minimum absolute atomic E-state index is 0.0983. The van der Waals surface area contributed by atoms with Gasteiger partial charge in [0.2, 0.25) is 0 Å². The van der Waals surface area contributed by atoms with Crippen molar-refractivity contribution in [2.24, 2.45) is 0 Å². The molecule has 1 aliphatic rings. The van der Waals surface area contributed by atoms with Gasteiger partial charge in [0, 0.05) is 35.8 Å². The molecular formula is C16H23ClN2O. The molecular weight excluding hydrogens is 272 g/mol.